The standard InChI is InChI=1S/C22H24N4OS/c1-3-26-21(19-13-18(19)16-7-5-4-6-8-16)24-25-22(26)28-14-20(27)23-17-11-9-15(2)10-12-17/h4-12,18-19H,3,13-14H2,1-2H3,(H,23,27). The molecule has 1 aliphatic rings. The van der Waals surface area contributed by atoms with Crippen LogP contribution in [-0.2, 0) is 11.3 Å². The predicted molar refractivity (Wildman–Crippen MR) is 113 cm³/mol. The Morgan fingerprint density at radius 3 is 2.57 bits per heavy atom. The number of carbonyl (C=O) groups excluding carboxylic acids is 1. The molecule has 0 spiro atoms. The minimum atomic E-state index is -0.0327. The van der Waals surface area contributed by atoms with Gasteiger partial charge >= 0.3 is 0 Å². The summed E-state index contributed by atoms with van der Waals surface area (Å²) in [4.78, 5) is 12.3. The van der Waals surface area contributed by atoms with Gasteiger partial charge < -0.3 is 9.88 Å². The van der Waals surface area contributed by atoms with Gasteiger partial charge in [-0.15, -0.1) is 10.2 Å². The molecule has 2 unspecified atom stereocenters. The summed E-state index contributed by atoms with van der Waals surface area (Å²) in [6, 6.07) is 18.4. The van der Waals surface area contributed by atoms with Crippen LogP contribution in [0.4, 0.5) is 5.69 Å². The van der Waals surface area contributed by atoms with Crippen LogP contribution in [0, 0.1) is 6.92 Å². The molecule has 0 saturated heterocycles. The number of carbonyl (C=O) groups is 1. The number of hydrogen-bond acceptors (Lipinski definition) is 4. The van der Waals surface area contributed by atoms with Gasteiger partial charge in [-0.3, -0.25) is 4.79 Å². The number of amides is 1. The number of nitrogens with one attached hydrogen (secondary N) is 1. The van der Waals surface area contributed by atoms with E-state index in [1.807, 2.05) is 37.3 Å². The van der Waals surface area contributed by atoms with Crippen molar-refractivity contribution in [3.63, 3.8) is 0 Å². The van der Waals surface area contributed by atoms with Crippen molar-refractivity contribution in [2.24, 2.45) is 0 Å². The first-order valence-electron chi connectivity index (χ1n) is 9.63. The molecule has 1 amide bonds. The maximum Gasteiger partial charge on any atom is 0.234 e. The molecular weight excluding hydrogens is 368 g/mol. The van der Waals surface area contributed by atoms with Gasteiger partial charge in [-0.1, -0.05) is 59.8 Å². The zero-order chi connectivity index (χ0) is 19.5. The van der Waals surface area contributed by atoms with Gasteiger partial charge in [0.25, 0.3) is 0 Å². The van der Waals surface area contributed by atoms with E-state index in [9.17, 15) is 4.79 Å². The Morgan fingerprint density at radius 1 is 1.11 bits per heavy atom. The van der Waals surface area contributed by atoms with Gasteiger partial charge in [0.2, 0.25) is 5.91 Å². The fourth-order valence-electron chi connectivity index (χ4n) is 3.49. The van der Waals surface area contributed by atoms with Gasteiger partial charge in [0, 0.05) is 18.2 Å². The minimum Gasteiger partial charge on any atom is -0.325 e. The van der Waals surface area contributed by atoms with E-state index in [1.54, 1.807) is 0 Å². The lowest BCUT2D eigenvalue weighted by molar-refractivity contribution is -0.113. The van der Waals surface area contributed by atoms with Crippen LogP contribution in [0.15, 0.2) is 59.8 Å². The number of hydrogen-bond donors (Lipinski definition) is 1. The summed E-state index contributed by atoms with van der Waals surface area (Å²) in [5.74, 6) is 2.27. The van der Waals surface area contributed by atoms with Crippen LogP contribution in [0.5, 0.6) is 0 Å². The summed E-state index contributed by atoms with van der Waals surface area (Å²) in [6.07, 6.45) is 1.11. The van der Waals surface area contributed by atoms with E-state index in [2.05, 4.69) is 51.3 Å². The molecule has 1 saturated carbocycles. The first kappa shape index (κ1) is 18.7. The molecule has 144 valence electrons. The van der Waals surface area contributed by atoms with E-state index >= 15 is 0 Å². The molecule has 2 atom stereocenters. The normalized spacial score (nSPS) is 18.1. The summed E-state index contributed by atoms with van der Waals surface area (Å²) in [6.45, 7) is 4.93. The molecule has 3 aromatic rings. The number of thioether (sulfide) groups is 1. The lowest BCUT2D eigenvalue weighted by atomic mass is 10.1. The number of nitrogens with zero attached hydrogens (tertiary/aromatic N) is 3. The molecule has 1 aliphatic carbocycles. The van der Waals surface area contributed by atoms with Gasteiger partial charge in [0.05, 0.1) is 5.75 Å². The molecule has 28 heavy (non-hydrogen) atoms. The van der Waals surface area contributed by atoms with Crippen LogP contribution in [0.1, 0.15) is 42.1 Å². The third kappa shape index (κ3) is 4.12. The lowest BCUT2D eigenvalue weighted by Gasteiger charge is -2.08. The Bertz CT molecular complexity index is 952. The van der Waals surface area contributed by atoms with E-state index in [-0.39, 0.29) is 5.91 Å². The van der Waals surface area contributed by atoms with Crippen LogP contribution in [0.3, 0.4) is 0 Å². The van der Waals surface area contributed by atoms with Crippen molar-refractivity contribution < 1.29 is 4.79 Å². The molecule has 1 heterocycles. The predicted octanol–water partition coefficient (Wildman–Crippen LogP) is 4.61. The van der Waals surface area contributed by atoms with Crippen molar-refractivity contribution in [1.29, 1.82) is 0 Å². The maximum atomic E-state index is 12.3. The molecule has 6 heteroatoms. The first-order valence-corrected chi connectivity index (χ1v) is 10.6. The number of aromatic nitrogens is 3. The SMILES string of the molecule is CCn1c(SCC(=O)Nc2ccc(C)cc2)nnc1C1CC1c1ccccc1. The van der Waals surface area contributed by atoms with Crippen molar-refractivity contribution in [3.8, 4) is 0 Å². The molecular formula is C22H24N4OS. The molecule has 1 aromatic heterocycles. The van der Waals surface area contributed by atoms with Crippen LogP contribution in [-0.4, -0.2) is 26.4 Å². The number of aryl methyl sites for hydroxylation is 1. The largest absolute Gasteiger partial charge is 0.325 e. The quantitative estimate of drug-likeness (QED) is 0.597. The average molecular weight is 393 g/mol. The monoisotopic (exact) mass is 392 g/mol. The average Bonchev–Trinajstić information content (AvgIpc) is 3.41. The Hall–Kier alpha value is -2.60. The van der Waals surface area contributed by atoms with Crippen LogP contribution >= 0.6 is 11.8 Å². The third-order valence-corrected chi connectivity index (χ3v) is 6.05. The first-order chi connectivity index (χ1) is 13.7. The summed E-state index contributed by atoms with van der Waals surface area (Å²) in [5, 5.41) is 12.6. The lowest BCUT2D eigenvalue weighted by Crippen LogP contribution is -2.14. The fourth-order valence-corrected chi connectivity index (χ4v) is 4.30. The topological polar surface area (TPSA) is 59.8 Å². The highest BCUT2D eigenvalue weighted by Crippen LogP contribution is 2.54. The second-order valence-corrected chi connectivity index (χ2v) is 8.09. The second kappa shape index (κ2) is 8.19. The van der Waals surface area contributed by atoms with Crippen LogP contribution in [0.2, 0.25) is 0 Å². The molecule has 2 aromatic carbocycles. The number of benzene rings is 2. The molecule has 0 bridgehead atoms. The third-order valence-electron chi connectivity index (χ3n) is 5.08. The van der Waals surface area contributed by atoms with E-state index in [4.69, 9.17) is 0 Å². The zero-order valence-corrected chi connectivity index (χ0v) is 16.9. The molecule has 0 aliphatic heterocycles. The van der Waals surface area contributed by atoms with E-state index in [1.165, 1.54) is 22.9 Å². The molecule has 5 nitrogen and oxygen atoms in total. The maximum absolute atomic E-state index is 12.3. The van der Waals surface area contributed by atoms with Crippen molar-refractivity contribution in [2.45, 2.75) is 43.8 Å². The highest BCUT2D eigenvalue weighted by atomic mass is 32.2. The highest BCUT2D eigenvalue weighted by molar-refractivity contribution is 7.99. The van der Waals surface area contributed by atoms with Gasteiger partial charge in [0.15, 0.2) is 5.16 Å². The summed E-state index contributed by atoms with van der Waals surface area (Å²) in [7, 11) is 0. The zero-order valence-electron chi connectivity index (χ0n) is 16.1. The van der Waals surface area contributed by atoms with Gasteiger partial charge in [-0.2, -0.15) is 0 Å². The highest BCUT2D eigenvalue weighted by Gasteiger charge is 2.43. The Labute approximate surface area is 169 Å². The van der Waals surface area contributed by atoms with Crippen molar-refractivity contribution in [2.75, 3.05) is 11.1 Å². The molecule has 1 fully saturated rings. The van der Waals surface area contributed by atoms with Crippen molar-refractivity contribution in [1.82, 2.24) is 14.8 Å². The smallest absolute Gasteiger partial charge is 0.234 e. The summed E-state index contributed by atoms with van der Waals surface area (Å²) >= 11 is 1.44. The summed E-state index contributed by atoms with van der Waals surface area (Å²) in [5.41, 5.74) is 3.35. The van der Waals surface area contributed by atoms with Crippen molar-refractivity contribution >= 4 is 23.4 Å². The van der Waals surface area contributed by atoms with Gasteiger partial charge in [-0.05, 0) is 43.9 Å². The molecule has 0 radical (unpaired) electrons. The second-order valence-electron chi connectivity index (χ2n) is 7.15. The molecule has 1 N–H and O–H groups in total. The van der Waals surface area contributed by atoms with E-state index < -0.39 is 0 Å². The number of anilines is 1. The van der Waals surface area contributed by atoms with E-state index in [0.717, 1.165) is 29.6 Å². The number of rotatable bonds is 7. The Kier molecular flexibility index (Phi) is 5.48. The Balaban J connectivity index is 1.38. The minimum absolute atomic E-state index is 0.0327. The Morgan fingerprint density at radius 2 is 1.86 bits per heavy atom. The molecule has 4 rings (SSSR count). The van der Waals surface area contributed by atoms with Gasteiger partial charge in [0.1, 0.15) is 5.82 Å². The van der Waals surface area contributed by atoms with E-state index in [0.29, 0.717) is 17.6 Å². The van der Waals surface area contributed by atoms with Crippen LogP contribution < -0.4 is 5.32 Å². The van der Waals surface area contributed by atoms with Crippen molar-refractivity contribution in [3.05, 3.63) is 71.5 Å². The van der Waals surface area contributed by atoms with Gasteiger partial charge in [-0.25, -0.2) is 0 Å². The fraction of sp³-hybridized carbons (Fsp3) is 0.318. The van der Waals surface area contributed by atoms with Crippen LogP contribution in [0.25, 0.3) is 0 Å². The summed E-state index contributed by atoms with van der Waals surface area (Å²) < 4.78 is 2.15.